The van der Waals surface area contributed by atoms with Gasteiger partial charge in [-0.1, -0.05) is 6.58 Å². The van der Waals surface area contributed by atoms with Gasteiger partial charge >= 0.3 is 0 Å². The van der Waals surface area contributed by atoms with E-state index in [4.69, 9.17) is 5.84 Å². The van der Waals surface area contributed by atoms with Crippen LogP contribution in [-0.4, -0.2) is 35.8 Å². The zero-order chi connectivity index (χ0) is 17.5. The summed E-state index contributed by atoms with van der Waals surface area (Å²) in [6, 6.07) is 6.88. The molecular weight excluding hydrogens is 306 g/mol. The molecule has 0 aliphatic heterocycles. The Morgan fingerprint density at radius 3 is 2.50 bits per heavy atom. The molecule has 0 heterocycles. The Balaban J connectivity index is 2.17. The number of carbonyl (C=O) groups excluding carboxylic acids is 2. The molecule has 0 atom stereocenters. The number of aliphatic imine (C=N–C) groups is 1. The quantitative estimate of drug-likeness (QED) is 0.399. The van der Waals surface area contributed by atoms with E-state index in [0.29, 0.717) is 17.8 Å². The van der Waals surface area contributed by atoms with E-state index in [-0.39, 0.29) is 29.3 Å². The minimum Gasteiger partial charge on any atom is -0.352 e. The van der Waals surface area contributed by atoms with Gasteiger partial charge in [0.15, 0.2) is 5.71 Å². The minimum absolute atomic E-state index is 0.0321. The standard InChI is InChI=1S/C17H21N5O2/c1-3-14(15(22-18)17(24)21-13-9-10-13)20-12-7-5-11(6-8-12)16(23)19-4-2/h3,5-8,13H,1,4,9-10,18H2,2H3,(H,19,23)(H,21,24). The fourth-order valence-electron chi connectivity index (χ4n) is 2.01. The van der Waals surface area contributed by atoms with Crippen LogP contribution in [0.15, 0.2) is 47.0 Å². The van der Waals surface area contributed by atoms with Gasteiger partial charge in [0, 0.05) is 18.2 Å². The van der Waals surface area contributed by atoms with E-state index < -0.39 is 0 Å². The number of benzene rings is 1. The smallest absolute Gasteiger partial charge is 0.274 e. The Morgan fingerprint density at radius 2 is 2.00 bits per heavy atom. The summed E-state index contributed by atoms with van der Waals surface area (Å²) in [4.78, 5) is 28.2. The molecule has 1 aliphatic carbocycles. The molecule has 126 valence electrons. The summed E-state index contributed by atoms with van der Waals surface area (Å²) in [5, 5.41) is 9.08. The van der Waals surface area contributed by atoms with Crippen molar-refractivity contribution in [2.45, 2.75) is 25.8 Å². The number of hydrogen-bond donors (Lipinski definition) is 3. The van der Waals surface area contributed by atoms with Crippen LogP contribution in [0.3, 0.4) is 0 Å². The molecule has 1 aliphatic rings. The first kappa shape index (κ1) is 17.4. The van der Waals surface area contributed by atoms with Crippen LogP contribution >= 0.6 is 0 Å². The van der Waals surface area contributed by atoms with Crippen LogP contribution in [0.25, 0.3) is 0 Å². The molecule has 4 N–H and O–H groups in total. The van der Waals surface area contributed by atoms with Crippen molar-refractivity contribution in [1.82, 2.24) is 10.6 Å². The van der Waals surface area contributed by atoms with Crippen molar-refractivity contribution in [3.63, 3.8) is 0 Å². The Morgan fingerprint density at radius 1 is 1.33 bits per heavy atom. The summed E-state index contributed by atoms with van der Waals surface area (Å²) in [7, 11) is 0. The van der Waals surface area contributed by atoms with Gasteiger partial charge in [-0.2, -0.15) is 5.10 Å². The monoisotopic (exact) mass is 327 g/mol. The Kier molecular flexibility index (Phi) is 5.83. The molecule has 0 bridgehead atoms. The second kappa shape index (κ2) is 8.05. The first-order chi connectivity index (χ1) is 11.6. The van der Waals surface area contributed by atoms with Gasteiger partial charge in [-0.15, -0.1) is 0 Å². The maximum Gasteiger partial charge on any atom is 0.274 e. The van der Waals surface area contributed by atoms with Crippen molar-refractivity contribution in [3.8, 4) is 0 Å². The number of nitrogens with one attached hydrogen (secondary N) is 2. The summed E-state index contributed by atoms with van der Waals surface area (Å²) in [6.45, 7) is 6.08. The summed E-state index contributed by atoms with van der Waals surface area (Å²) in [5.41, 5.74) is 1.42. The third-order valence-electron chi connectivity index (χ3n) is 3.41. The van der Waals surface area contributed by atoms with Crippen molar-refractivity contribution < 1.29 is 9.59 Å². The molecule has 2 rings (SSSR count). The van der Waals surface area contributed by atoms with Crippen molar-refractivity contribution >= 4 is 28.9 Å². The number of nitrogens with zero attached hydrogens (tertiary/aromatic N) is 2. The van der Waals surface area contributed by atoms with E-state index in [0.717, 1.165) is 12.8 Å². The molecule has 0 spiro atoms. The molecule has 7 heteroatoms. The van der Waals surface area contributed by atoms with Crippen molar-refractivity contribution in [2.75, 3.05) is 6.54 Å². The minimum atomic E-state index is -0.363. The number of hydrazone groups is 1. The van der Waals surface area contributed by atoms with Gasteiger partial charge in [-0.3, -0.25) is 9.59 Å². The van der Waals surface area contributed by atoms with E-state index in [1.54, 1.807) is 24.3 Å². The maximum atomic E-state index is 12.1. The average Bonchev–Trinajstić information content (AvgIpc) is 3.39. The lowest BCUT2D eigenvalue weighted by Crippen LogP contribution is -2.37. The predicted molar refractivity (Wildman–Crippen MR) is 94.5 cm³/mol. The lowest BCUT2D eigenvalue weighted by atomic mass is 10.1. The Hall–Kier alpha value is -2.96. The zero-order valence-corrected chi connectivity index (χ0v) is 13.6. The summed E-state index contributed by atoms with van der Waals surface area (Å²) in [6.07, 6.45) is 3.35. The topological polar surface area (TPSA) is 109 Å². The van der Waals surface area contributed by atoms with E-state index in [1.165, 1.54) is 6.08 Å². The number of allylic oxidation sites excluding steroid dienone is 1. The molecule has 1 aromatic rings. The third-order valence-corrected chi connectivity index (χ3v) is 3.41. The van der Waals surface area contributed by atoms with E-state index >= 15 is 0 Å². The SMILES string of the molecule is C=CC(=Nc1ccc(C(=O)NCC)cc1)C(=NN)C(=O)NC1CC1. The summed E-state index contributed by atoms with van der Waals surface area (Å²) in [5.74, 6) is 4.83. The van der Waals surface area contributed by atoms with E-state index in [9.17, 15) is 9.59 Å². The Labute approximate surface area is 140 Å². The van der Waals surface area contributed by atoms with Crippen LogP contribution in [0.1, 0.15) is 30.1 Å². The molecule has 0 aromatic heterocycles. The fourth-order valence-corrected chi connectivity index (χ4v) is 2.01. The van der Waals surface area contributed by atoms with Crippen LogP contribution in [-0.2, 0) is 4.79 Å². The third kappa shape index (κ3) is 4.52. The predicted octanol–water partition coefficient (Wildman–Crippen LogP) is 1.29. The molecule has 0 saturated heterocycles. The van der Waals surface area contributed by atoms with Gasteiger partial charge in [0.05, 0.1) is 11.4 Å². The molecule has 0 radical (unpaired) electrons. The number of carbonyl (C=O) groups is 2. The molecule has 7 nitrogen and oxygen atoms in total. The second-order valence-corrected chi connectivity index (χ2v) is 5.33. The van der Waals surface area contributed by atoms with Gasteiger partial charge < -0.3 is 16.5 Å². The Bertz CT molecular complexity index is 687. The van der Waals surface area contributed by atoms with Crippen LogP contribution in [0.5, 0.6) is 0 Å². The molecular formula is C17H21N5O2. The highest BCUT2D eigenvalue weighted by atomic mass is 16.2. The highest BCUT2D eigenvalue weighted by Crippen LogP contribution is 2.19. The van der Waals surface area contributed by atoms with Gasteiger partial charge in [-0.25, -0.2) is 4.99 Å². The second-order valence-electron chi connectivity index (χ2n) is 5.33. The maximum absolute atomic E-state index is 12.1. The molecule has 0 unspecified atom stereocenters. The van der Waals surface area contributed by atoms with Gasteiger partial charge in [-0.05, 0) is 50.1 Å². The van der Waals surface area contributed by atoms with E-state index in [1.807, 2.05) is 6.92 Å². The highest BCUT2D eigenvalue weighted by molar-refractivity contribution is 6.69. The van der Waals surface area contributed by atoms with Gasteiger partial charge in [0.2, 0.25) is 0 Å². The number of amides is 2. The van der Waals surface area contributed by atoms with Crippen LogP contribution in [0, 0.1) is 0 Å². The lowest BCUT2D eigenvalue weighted by molar-refractivity contribution is -0.114. The molecule has 1 aromatic carbocycles. The largest absolute Gasteiger partial charge is 0.352 e. The van der Waals surface area contributed by atoms with Crippen molar-refractivity contribution in [1.29, 1.82) is 0 Å². The fraction of sp³-hybridized carbons (Fsp3) is 0.294. The van der Waals surface area contributed by atoms with Gasteiger partial charge in [0.25, 0.3) is 11.8 Å². The summed E-state index contributed by atoms with van der Waals surface area (Å²) < 4.78 is 0. The van der Waals surface area contributed by atoms with E-state index in [2.05, 4.69) is 27.3 Å². The van der Waals surface area contributed by atoms with Crippen LogP contribution in [0.2, 0.25) is 0 Å². The first-order valence-electron chi connectivity index (χ1n) is 7.77. The first-order valence-corrected chi connectivity index (χ1v) is 7.77. The summed E-state index contributed by atoms with van der Waals surface area (Å²) >= 11 is 0. The molecule has 24 heavy (non-hydrogen) atoms. The molecule has 1 fully saturated rings. The van der Waals surface area contributed by atoms with Crippen molar-refractivity contribution in [3.05, 3.63) is 42.5 Å². The number of hydrogen-bond acceptors (Lipinski definition) is 5. The van der Waals surface area contributed by atoms with Gasteiger partial charge in [0.1, 0.15) is 0 Å². The molecule has 2 amide bonds. The number of rotatable bonds is 7. The molecule has 1 saturated carbocycles. The number of nitrogens with two attached hydrogens (primary N) is 1. The van der Waals surface area contributed by atoms with Crippen LogP contribution in [0.4, 0.5) is 5.69 Å². The van der Waals surface area contributed by atoms with Crippen molar-refractivity contribution in [2.24, 2.45) is 15.9 Å². The lowest BCUT2D eigenvalue weighted by Gasteiger charge is -2.07. The van der Waals surface area contributed by atoms with Crippen LogP contribution < -0.4 is 16.5 Å². The average molecular weight is 327 g/mol. The normalized spacial score (nSPS) is 14.9. The highest BCUT2D eigenvalue weighted by Gasteiger charge is 2.26. The zero-order valence-electron chi connectivity index (χ0n) is 13.6.